The first-order valence-corrected chi connectivity index (χ1v) is 7.09. The molecule has 0 spiro atoms. The Morgan fingerprint density at radius 1 is 1.24 bits per heavy atom. The second kappa shape index (κ2) is 6.83. The average molecular weight is 306 g/mol. The van der Waals surface area contributed by atoms with Gasteiger partial charge in [0.25, 0.3) is 0 Å². The molecule has 110 valence electrons. The molecule has 0 fully saturated rings. The maximum Gasteiger partial charge on any atom is 0.176 e. The van der Waals surface area contributed by atoms with E-state index in [2.05, 4.69) is 0 Å². The highest BCUT2D eigenvalue weighted by Gasteiger charge is 2.16. The van der Waals surface area contributed by atoms with Gasteiger partial charge in [0.15, 0.2) is 5.78 Å². The van der Waals surface area contributed by atoms with Crippen LogP contribution in [0.4, 0.5) is 4.39 Å². The van der Waals surface area contributed by atoms with Crippen molar-refractivity contribution < 1.29 is 9.18 Å². The number of carbonyl (C=O) groups excluding carboxylic acids is 1. The lowest BCUT2D eigenvalue weighted by atomic mass is 10.1. The zero-order chi connectivity index (χ0) is 15.4. The molecular weight excluding hydrogens is 289 g/mol. The number of carbonyl (C=O) groups is 1. The molecule has 0 aromatic heterocycles. The monoisotopic (exact) mass is 305 g/mol. The van der Waals surface area contributed by atoms with E-state index in [4.69, 9.17) is 11.6 Å². The molecule has 0 saturated carbocycles. The first-order chi connectivity index (χ1) is 9.97. The van der Waals surface area contributed by atoms with Crippen molar-refractivity contribution in [1.29, 1.82) is 0 Å². The van der Waals surface area contributed by atoms with Gasteiger partial charge in [-0.1, -0.05) is 35.9 Å². The van der Waals surface area contributed by atoms with Gasteiger partial charge in [-0.3, -0.25) is 9.69 Å². The Balaban J connectivity index is 2.05. The standard InChI is InChI=1S/C17H17ClFNO/c1-12(13-6-8-15(18)9-7-13)20(2)11-17(21)14-4-3-5-16(19)10-14/h3-10,12H,11H2,1-2H3. The molecule has 2 rings (SSSR count). The van der Waals surface area contributed by atoms with Gasteiger partial charge in [-0.25, -0.2) is 4.39 Å². The van der Waals surface area contributed by atoms with Crippen molar-refractivity contribution in [2.45, 2.75) is 13.0 Å². The van der Waals surface area contributed by atoms with E-state index in [1.807, 2.05) is 43.1 Å². The molecule has 0 aliphatic heterocycles. The maximum absolute atomic E-state index is 13.1. The average Bonchev–Trinajstić information content (AvgIpc) is 2.47. The topological polar surface area (TPSA) is 20.3 Å². The van der Waals surface area contributed by atoms with Gasteiger partial charge in [0.05, 0.1) is 6.54 Å². The van der Waals surface area contributed by atoms with Gasteiger partial charge in [-0.05, 0) is 43.8 Å². The Kier molecular flexibility index (Phi) is 5.10. The van der Waals surface area contributed by atoms with E-state index >= 15 is 0 Å². The highest BCUT2D eigenvalue weighted by Crippen LogP contribution is 2.21. The Bertz CT molecular complexity index is 627. The van der Waals surface area contributed by atoms with Crippen LogP contribution >= 0.6 is 11.6 Å². The van der Waals surface area contributed by atoms with E-state index in [1.54, 1.807) is 12.1 Å². The van der Waals surface area contributed by atoms with Gasteiger partial charge >= 0.3 is 0 Å². The third-order valence-electron chi connectivity index (χ3n) is 3.55. The Morgan fingerprint density at radius 3 is 2.52 bits per heavy atom. The van der Waals surface area contributed by atoms with E-state index < -0.39 is 5.82 Å². The number of halogens is 2. The summed E-state index contributed by atoms with van der Waals surface area (Å²) in [7, 11) is 1.87. The second-order valence-electron chi connectivity index (χ2n) is 5.08. The lowest BCUT2D eigenvalue weighted by molar-refractivity contribution is 0.0924. The quantitative estimate of drug-likeness (QED) is 0.765. The summed E-state index contributed by atoms with van der Waals surface area (Å²) in [5.74, 6) is -0.493. The number of ketones is 1. The van der Waals surface area contributed by atoms with E-state index in [-0.39, 0.29) is 18.4 Å². The molecule has 0 N–H and O–H groups in total. The molecule has 2 aromatic rings. The third-order valence-corrected chi connectivity index (χ3v) is 3.81. The molecule has 0 radical (unpaired) electrons. The fourth-order valence-corrected chi connectivity index (χ4v) is 2.24. The summed E-state index contributed by atoms with van der Waals surface area (Å²) in [6.45, 7) is 2.25. The van der Waals surface area contributed by atoms with Crippen molar-refractivity contribution in [2.24, 2.45) is 0 Å². The van der Waals surface area contributed by atoms with Crippen molar-refractivity contribution in [3.8, 4) is 0 Å². The molecule has 0 aliphatic carbocycles. The summed E-state index contributed by atoms with van der Waals surface area (Å²) in [6, 6.07) is 13.4. The van der Waals surface area contributed by atoms with Gasteiger partial charge < -0.3 is 0 Å². The van der Waals surface area contributed by atoms with Crippen LogP contribution in [0.5, 0.6) is 0 Å². The third kappa shape index (κ3) is 4.13. The number of benzene rings is 2. The first-order valence-electron chi connectivity index (χ1n) is 6.72. The molecule has 0 heterocycles. The lowest BCUT2D eigenvalue weighted by Gasteiger charge is -2.24. The molecule has 0 saturated heterocycles. The summed E-state index contributed by atoms with van der Waals surface area (Å²) >= 11 is 5.87. The smallest absolute Gasteiger partial charge is 0.176 e. The number of Topliss-reactive ketones (excluding diaryl/α,β-unsaturated/α-hetero) is 1. The molecule has 2 aromatic carbocycles. The number of likely N-dealkylation sites (N-methyl/N-ethyl adjacent to an activating group) is 1. The van der Waals surface area contributed by atoms with Crippen LogP contribution in [0.25, 0.3) is 0 Å². The van der Waals surface area contributed by atoms with Crippen LogP contribution in [-0.2, 0) is 0 Å². The zero-order valence-corrected chi connectivity index (χ0v) is 12.8. The van der Waals surface area contributed by atoms with Crippen LogP contribution in [0.2, 0.25) is 5.02 Å². The summed E-state index contributed by atoms with van der Waals surface area (Å²) in [4.78, 5) is 14.1. The number of hydrogen-bond donors (Lipinski definition) is 0. The van der Waals surface area contributed by atoms with Crippen molar-refractivity contribution in [3.05, 3.63) is 70.5 Å². The van der Waals surface area contributed by atoms with Crippen LogP contribution in [0.1, 0.15) is 28.9 Å². The van der Waals surface area contributed by atoms with Crippen molar-refractivity contribution in [1.82, 2.24) is 4.90 Å². The summed E-state index contributed by atoms with van der Waals surface area (Å²) in [5, 5.41) is 0.685. The van der Waals surface area contributed by atoms with Crippen LogP contribution in [0.15, 0.2) is 48.5 Å². The highest BCUT2D eigenvalue weighted by atomic mass is 35.5. The van der Waals surface area contributed by atoms with Crippen LogP contribution in [0, 0.1) is 5.82 Å². The van der Waals surface area contributed by atoms with Crippen molar-refractivity contribution in [2.75, 3.05) is 13.6 Å². The minimum atomic E-state index is -0.394. The van der Waals surface area contributed by atoms with Crippen LogP contribution < -0.4 is 0 Å². The summed E-state index contributed by atoms with van der Waals surface area (Å²) in [6.07, 6.45) is 0. The first kappa shape index (κ1) is 15.7. The fraction of sp³-hybridized carbons (Fsp3) is 0.235. The molecule has 1 atom stereocenters. The minimum Gasteiger partial charge on any atom is -0.293 e. The van der Waals surface area contributed by atoms with E-state index in [0.29, 0.717) is 10.6 Å². The molecular formula is C17H17ClFNO. The number of hydrogen-bond acceptors (Lipinski definition) is 2. The van der Waals surface area contributed by atoms with Crippen molar-refractivity contribution >= 4 is 17.4 Å². The fourth-order valence-electron chi connectivity index (χ4n) is 2.11. The predicted molar refractivity (Wildman–Crippen MR) is 83.2 cm³/mol. The van der Waals surface area contributed by atoms with E-state index in [0.717, 1.165) is 5.56 Å². The Hall–Kier alpha value is -1.71. The van der Waals surface area contributed by atoms with Gasteiger partial charge in [0.1, 0.15) is 5.82 Å². The number of nitrogens with zero attached hydrogens (tertiary/aromatic N) is 1. The molecule has 1 unspecified atom stereocenters. The Labute approximate surface area is 129 Å². The normalized spacial score (nSPS) is 12.4. The second-order valence-corrected chi connectivity index (χ2v) is 5.51. The SMILES string of the molecule is CC(c1ccc(Cl)cc1)N(C)CC(=O)c1cccc(F)c1. The van der Waals surface area contributed by atoms with E-state index in [9.17, 15) is 9.18 Å². The molecule has 21 heavy (non-hydrogen) atoms. The van der Waals surface area contributed by atoms with Crippen LogP contribution in [0.3, 0.4) is 0 Å². The summed E-state index contributed by atoms with van der Waals surface area (Å²) in [5.41, 5.74) is 1.47. The van der Waals surface area contributed by atoms with Crippen LogP contribution in [-0.4, -0.2) is 24.3 Å². The highest BCUT2D eigenvalue weighted by molar-refractivity contribution is 6.30. The molecule has 0 bridgehead atoms. The van der Waals surface area contributed by atoms with E-state index in [1.165, 1.54) is 12.1 Å². The molecule has 4 heteroatoms. The van der Waals surface area contributed by atoms with Gasteiger partial charge in [-0.2, -0.15) is 0 Å². The largest absolute Gasteiger partial charge is 0.293 e. The zero-order valence-electron chi connectivity index (χ0n) is 12.0. The maximum atomic E-state index is 13.1. The Morgan fingerprint density at radius 2 is 1.90 bits per heavy atom. The van der Waals surface area contributed by atoms with Gasteiger partial charge in [0.2, 0.25) is 0 Å². The number of rotatable bonds is 5. The van der Waals surface area contributed by atoms with Gasteiger partial charge in [0, 0.05) is 16.6 Å². The predicted octanol–water partition coefficient (Wildman–Crippen LogP) is 4.35. The molecule has 0 amide bonds. The van der Waals surface area contributed by atoms with Crippen molar-refractivity contribution in [3.63, 3.8) is 0 Å². The molecule has 2 nitrogen and oxygen atoms in total. The van der Waals surface area contributed by atoms with Gasteiger partial charge in [-0.15, -0.1) is 0 Å². The minimum absolute atomic E-state index is 0.0692. The molecule has 0 aliphatic rings. The summed E-state index contributed by atoms with van der Waals surface area (Å²) < 4.78 is 13.1. The lowest BCUT2D eigenvalue weighted by Crippen LogP contribution is -2.28.